The molecule has 2 aromatic heterocycles. The van der Waals surface area contributed by atoms with Crippen molar-refractivity contribution in [2.24, 2.45) is 7.05 Å². The number of aromatic nitrogens is 3. The fourth-order valence-corrected chi connectivity index (χ4v) is 2.74. The molecule has 1 aromatic carbocycles. The summed E-state index contributed by atoms with van der Waals surface area (Å²) in [5, 5.41) is 8.23. The van der Waals surface area contributed by atoms with Crippen LogP contribution < -0.4 is 5.32 Å². The molecule has 3 rings (SSSR count). The lowest BCUT2D eigenvalue weighted by atomic mass is 10.0. The van der Waals surface area contributed by atoms with Gasteiger partial charge in [0, 0.05) is 24.3 Å². The summed E-state index contributed by atoms with van der Waals surface area (Å²) in [6, 6.07) is 9.71. The van der Waals surface area contributed by atoms with E-state index in [0.717, 1.165) is 28.0 Å². The molecule has 0 saturated carbocycles. The first-order chi connectivity index (χ1) is 11.0. The number of anilines is 1. The molecular weight excluding hydrogens is 288 g/mol. The first-order valence-electron chi connectivity index (χ1n) is 7.67. The van der Waals surface area contributed by atoms with Crippen LogP contribution in [0.2, 0.25) is 0 Å². The van der Waals surface area contributed by atoms with Gasteiger partial charge >= 0.3 is 0 Å². The molecule has 5 heteroatoms. The number of aryl methyl sites for hydroxylation is 2. The van der Waals surface area contributed by atoms with Gasteiger partial charge in [-0.15, -0.1) is 0 Å². The Morgan fingerprint density at radius 1 is 1.26 bits per heavy atom. The smallest absolute Gasteiger partial charge is 0.257 e. The van der Waals surface area contributed by atoms with E-state index in [1.54, 1.807) is 10.9 Å². The molecule has 0 unspecified atom stereocenters. The van der Waals surface area contributed by atoms with Crippen LogP contribution in [-0.4, -0.2) is 20.7 Å². The molecule has 0 aliphatic carbocycles. The lowest BCUT2D eigenvalue weighted by Crippen LogP contribution is -2.14. The highest BCUT2D eigenvalue weighted by molar-refractivity contribution is 6.06. The van der Waals surface area contributed by atoms with Gasteiger partial charge in [0.05, 0.1) is 11.3 Å². The molecular formula is C18H20N4O. The van der Waals surface area contributed by atoms with Crippen LogP contribution in [0.3, 0.4) is 0 Å². The lowest BCUT2D eigenvalue weighted by molar-refractivity contribution is 0.102. The highest BCUT2D eigenvalue weighted by Crippen LogP contribution is 2.24. The number of amides is 1. The van der Waals surface area contributed by atoms with E-state index in [1.807, 2.05) is 44.3 Å². The van der Waals surface area contributed by atoms with E-state index in [4.69, 9.17) is 0 Å². The summed E-state index contributed by atoms with van der Waals surface area (Å²) in [5.41, 5.74) is 4.14. The minimum Gasteiger partial charge on any atom is -0.322 e. The third-order valence-electron chi connectivity index (χ3n) is 3.96. The van der Waals surface area contributed by atoms with E-state index in [-0.39, 0.29) is 5.91 Å². The van der Waals surface area contributed by atoms with Gasteiger partial charge in [0.25, 0.3) is 5.91 Å². The number of nitrogens with zero attached hydrogens (tertiary/aromatic N) is 3. The highest BCUT2D eigenvalue weighted by Gasteiger charge is 2.14. The number of benzene rings is 1. The van der Waals surface area contributed by atoms with Gasteiger partial charge in [-0.25, -0.2) is 4.98 Å². The molecule has 5 nitrogen and oxygen atoms in total. The van der Waals surface area contributed by atoms with Crippen LogP contribution in [0.25, 0.3) is 11.0 Å². The van der Waals surface area contributed by atoms with Crippen molar-refractivity contribution in [2.75, 3.05) is 5.32 Å². The number of hydrogen-bond donors (Lipinski definition) is 1. The Balaban J connectivity index is 1.94. The summed E-state index contributed by atoms with van der Waals surface area (Å²) in [7, 11) is 1.85. The van der Waals surface area contributed by atoms with Crippen molar-refractivity contribution >= 4 is 22.6 Å². The van der Waals surface area contributed by atoms with Crippen molar-refractivity contribution in [2.45, 2.75) is 26.7 Å². The van der Waals surface area contributed by atoms with E-state index in [2.05, 4.69) is 29.2 Å². The van der Waals surface area contributed by atoms with Gasteiger partial charge in [-0.2, -0.15) is 5.10 Å². The molecule has 0 aliphatic rings. The Kier molecular flexibility index (Phi) is 3.86. The van der Waals surface area contributed by atoms with E-state index in [0.29, 0.717) is 11.5 Å². The number of pyridine rings is 1. The predicted octanol–water partition coefficient (Wildman–Crippen LogP) is 3.65. The zero-order valence-corrected chi connectivity index (χ0v) is 13.8. The van der Waals surface area contributed by atoms with Crippen molar-refractivity contribution < 1.29 is 4.79 Å². The van der Waals surface area contributed by atoms with Crippen molar-refractivity contribution in [1.82, 2.24) is 14.8 Å². The quantitative estimate of drug-likeness (QED) is 0.803. The Morgan fingerprint density at radius 3 is 2.74 bits per heavy atom. The van der Waals surface area contributed by atoms with Crippen LogP contribution in [-0.2, 0) is 7.05 Å². The standard InChI is InChI=1S/C18H20N4O/c1-11(2)14-7-5-6-8-16(14)20-18(23)13-9-15-12(3)21-22(4)17(15)19-10-13/h5-11H,1-4H3,(H,20,23). The zero-order chi connectivity index (χ0) is 16.6. The first-order valence-corrected chi connectivity index (χ1v) is 7.67. The number of carbonyl (C=O) groups excluding carboxylic acids is 1. The van der Waals surface area contributed by atoms with E-state index in [1.165, 1.54) is 0 Å². The number of hydrogen-bond acceptors (Lipinski definition) is 3. The highest BCUT2D eigenvalue weighted by atomic mass is 16.1. The van der Waals surface area contributed by atoms with E-state index in [9.17, 15) is 4.79 Å². The SMILES string of the molecule is Cc1nn(C)c2ncc(C(=O)Nc3ccccc3C(C)C)cc12. The maximum atomic E-state index is 12.6. The topological polar surface area (TPSA) is 59.8 Å². The molecule has 0 radical (unpaired) electrons. The number of para-hydroxylation sites is 1. The predicted molar refractivity (Wildman–Crippen MR) is 91.7 cm³/mol. The van der Waals surface area contributed by atoms with Gasteiger partial charge < -0.3 is 5.32 Å². The lowest BCUT2D eigenvalue weighted by Gasteiger charge is -2.13. The van der Waals surface area contributed by atoms with Gasteiger partial charge in [-0.3, -0.25) is 9.48 Å². The third kappa shape index (κ3) is 2.82. The molecule has 0 atom stereocenters. The minimum atomic E-state index is -0.157. The summed E-state index contributed by atoms with van der Waals surface area (Å²) >= 11 is 0. The summed E-state index contributed by atoms with van der Waals surface area (Å²) in [6.07, 6.45) is 1.59. The van der Waals surface area contributed by atoms with Crippen LogP contribution in [0.1, 0.15) is 41.4 Å². The maximum Gasteiger partial charge on any atom is 0.257 e. The summed E-state index contributed by atoms with van der Waals surface area (Å²) in [5.74, 6) is 0.184. The average Bonchev–Trinajstić information content (AvgIpc) is 2.82. The fraction of sp³-hybridized carbons (Fsp3) is 0.278. The average molecular weight is 308 g/mol. The number of carbonyl (C=O) groups is 1. The molecule has 0 saturated heterocycles. The maximum absolute atomic E-state index is 12.6. The summed E-state index contributed by atoms with van der Waals surface area (Å²) < 4.78 is 1.72. The van der Waals surface area contributed by atoms with Crippen molar-refractivity contribution in [3.8, 4) is 0 Å². The summed E-state index contributed by atoms with van der Waals surface area (Å²) in [4.78, 5) is 16.9. The Morgan fingerprint density at radius 2 is 2.00 bits per heavy atom. The molecule has 23 heavy (non-hydrogen) atoms. The van der Waals surface area contributed by atoms with Crippen LogP contribution in [0, 0.1) is 6.92 Å². The van der Waals surface area contributed by atoms with Crippen LogP contribution in [0.15, 0.2) is 36.5 Å². The number of rotatable bonds is 3. The Hall–Kier alpha value is -2.69. The first kappa shape index (κ1) is 15.2. The second-order valence-electron chi connectivity index (χ2n) is 6.00. The van der Waals surface area contributed by atoms with Crippen molar-refractivity contribution in [3.05, 3.63) is 53.3 Å². The third-order valence-corrected chi connectivity index (χ3v) is 3.96. The zero-order valence-electron chi connectivity index (χ0n) is 13.8. The Bertz CT molecular complexity index is 880. The number of nitrogens with one attached hydrogen (secondary N) is 1. The van der Waals surface area contributed by atoms with Crippen LogP contribution in [0.4, 0.5) is 5.69 Å². The molecule has 0 aliphatic heterocycles. The minimum absolute atomic E-state index is 0.157. The van der Waals surface area contributed by atoms with Crippen LogP contribution in [0.5, 0.6) is 0 Å². The molecule has 0 spiro atoms. The molecule has 0 bridgehead atoms. The van der Waals surface area contributed by atoms with Crippen LogP contribution >= 0.6 is 0 Å². The summed E-state index contributed by atoms with van der Waals surface area (Å²) in [6.45, 7) is 6.13. The van der Waals surface area contributed by atoms with Crippen molar-refractivity contribution in [1.29, 1.82) is 0 Å². The van der Waals surface area contributed by atoms with E-state index >= 15 is 0 Å². The van der Waals surface area contributed by atoms with Gasteiger partial charge in [-0.05, 0) is 30.5 Å². The van der Waals surface area contributed by atoms with E-state index < -0.39 is 0 Å². The van der Waals surface area contributed by atoms with Gasteiger partial charge in [0.1, 0.15) is 0 Å². The second kappa shape index (κ2) is 5.83. The van der Waals surface area contributed by atoms with Gasteiger partial charge in [-0.1, -0.05) is 32.0 Å². The monoisotopic (exact) mass is 308 g/mol. The Labute approximate surface area is 135 Å². The largest absolute Gasteiger partial charge is 0.322 e. The van der Waals surface area contributed by atoms with Gasteiger partial charge in [0.15, 0.2) is 5.65 Å². The van der Waals surface area contributed by atoms with Gasteiger partial charge in [0.2, 0.25) is 0 Å². The molecule has 0 fully saturated rings. The fourth-order valence-electron chi connectivity index (χ4n) is 2.74. The number of fused-ring (bicyclic) bond motifs is 1. The molecule has 2 heterocycles. The molecule has 1 amide bonds. The van der Waals surface area contributed by atoms with Crippen molar-refractivity contribution in [3.63, 3.8) is 0 Å². The molecule has 3 aromatic rings. The second-order valence-corrected chi connectivity index (χ2v) is 6.00. The normalized spacial score (nSPS) is 11.2. The molecule has 1 N–H and O–H groups in total. The molecule has 118 valence electrons.